The van der Waals surface area contributed by atoms with E-state index >= 15 is 0 Å². The van der Waals surface area contributed by atoms with Crippen LogP contribution in [-0.4, -0.2) is 21.1 Å². The van der Waals surface area contributed by atoms with E-state index in [-0.39, 0.29) is 6.04 Å². The maximum Gasteiger partial charge on any atom is 0.174 e. The summed E-state index contributed by atoms with van der Waals surface area (Å²) < 4.78 is 2.25. The zero-order valence-electron chi connectivity index (χ0n) is 14.8. The van der Waals surface area contributed by atoms with Crippen molar-refractivity contribution in [2.24, 2.45) is 0 Å². The largest absolute Gasteiger partial charge is 0.348 e. The number of fused-ring (bicyclic) bond motifs is 1. The van der Waals surface area contributed by atoms with Crippen molar-refractivity contribution >= 4 is 46.2 Å². The minimum Gasteiger partial charge on any atom is -0.348 e. The second-order valence-electron chi connectivity index (χ2n) is 6.69. The van der Waals surface area contributed by atoms with Crippen LogP contribution in [0, 0.1) is 6.92 Å². The van der Waals surface area contributed by atoms with Crippen LogP contribution >= 0.6 is 35.4 Å². The first-order valence-corrected chi connectivity index (χ1v) is 9.93. The molecule has 0 radical (unpaired) electrons. The Morgan fingerprint density at radius 3 is 2.70 bits per heavy atom. The molecule has 3 nitrogen and oxygen atoms in total. The van der Waals surface area contributed by atoms with Crippen molar-refractivity contribution in [2.75, 3.05) is 11.9 Å². The van der Waals surface area contributed by atoms with Gasteiger partial charge < -0.3 is 14.8 Å². The van der Waals surface area contributed by atoms with E-state index in [1.54, 1.807) is 6.07 Å². The molecule has 3 aromatic rings. The maximum atomic E-state index is 6.56. The number of halogens is 2. The van der Waals surface area contributed by atoms with E-state index in [4.69, 9.17) is 35.4 Å². The predicted octanol–water partition coefficient (Wildman–Crippen LogP) is 5.91. The molecule has 4 rings (SSSR count). The highest BCUT2D eigenvalue weighted by molar-refractivity contribution is 7.80. The Hall–Kier alpha value is -2.01. The summed E-state index contributed by atoms with van der Waals surface area (Å²) in [5, 5.41) is 5.34. The third-order valence-electron chi connectivity index (χ3n) is 4.83. The average molecular weight is 416 g/mol. The third-order valence-corrected chi connectivity index (χ3v) is 5.72. The monoisotopic (exact) mass is 415 g/mol. The van der Waals surface area contributed by atoms with Crippen molar-refractivity contribution < 1.29 is 0 Å². The summed E-state index contributed by atoms with van der Waals surface area (Å²) in [5.41, 5.74) is 4.34. The molecule has 1 N–H and O–H groups in total. The van der Waals surface area contributed by atoms with Gasteiger partial charge in [0.2, 0.25) is 0 Å². The Bertz CT molecular complexity index is 999. The molecule has 1 atom stereocenters. The van der Waals surface area contributed by atoms with Gasteiger partial charge in [-0.05, 0) is 66.7 Å². The van der Waals surface area contributed by atoms with E-state index in [1.807, 2.05) is 24.3 Å². The van der Waals surface area contributed by atoms with E-state index in [1.165, 1.54) is 11.3 Å². The fourth-order valence-electron chi connectivity index (χ4n) is 3.57. The molecule has 0 saturated carbocycles. The van der Waals surface area contributed by atoms with Gasteiger partial charge in [-0.3, -0.25) is 0 Å². The van der Waals surface area contributed by atoms with Gasteiger partial charge >= 0.3 is 0 Å². The second-order valence-corrected chi connectivity index (χ2v) is 7.92. The fourth-order valence-corrected chi connectivity index (χ4v) is 4.40. The molecule has 6 heteroatoms. The molecule has 2 heterocycles. The summed E-state index contributed by atoms with van der Waals surface area (Å²) >= 11 is 18.5. The lowest BCUT2D eigenvalue weighted by Gasteiger charge is -2.39. The Balaban J connectivity index is 1.71. The smallest absolute Gasteiger partial charge is 0.174 e. The zero-order chi connectivity index (χ0) is 19.0. The lowest BCUT2D eigenvalue weighted by atomic mass is 10.00. The number of nitrogens with one attached hydrogen (secondary N) is 1. The summed E-state index contributed by atoms with van der Waals surface area (Å²) in [6.45, 7) is 3.74. The Morgan fingerprint density at radius 2 is 1.93 bits per heavy atom. The first-order chi connectivity index (χ1) is 13.0. The molecule has 138 valence electrons. The first kappa shape index (κ1) is 18.4. The van der Waals surface area contributed by atoms with Gasteiger partial charge in [-0.2, -0.15) is 0 Å². The molecule has 0 unspecified atom stereocenters. The van der Waals surface area contributed by atoms with Gasteiger partial charge in [-0.1, -0.05) is 41.4 Å². The highest BCUT2D eigenvalue weighted by Crippen LogP contribution is 2.37. The van der Waals surface area contributed by atoms with E-state index in [9.17, 15) is 0 Å². The van der Waals surface area contributed by atoms with E-state index in [2.05, 4.69) is 52.2 Å². The standard InChI is InChI=1S/C21H19Cl2N3S/c1-14-4-2-5-16(12-14)24-21(27)26-11-10-25-9-3-6-19(25)20(26)17-8-7-15(22)13-18(17)23/h2-9,12-13,20H,10-11H2,1H3,(H,24,27)/t20-/m1/s1. The van der Waals surface area contributed by atoms with Crippen molar-refractivity contribution in [3.05, 3.63) is 87.7 Å². The van der Waals surface area contributed by atoms with Crippen molar-refractivity contribution in [3.63, 3.8) is 0 Å². The molecule has 1 aliphatic rings. The van der Waals surface area contributed by atoms with Crippen LogP contribution in [0.15, 0.2) is 60.8 Å². The molecule has 2 aromatic carbocycles. The highest BCUT2D eigenvalue weighted by Gasteiger charge is 2.32. The quantitative estimate of drug-likeness (QED) is 0.525. The minimum atomic E-state index is -0.0664. The molecule has 0 amide bonds. The van der Waals surface area contributed by atoms with Crippen molar-refractivity contribution in [1.82, 2.24) is 9.47 Å². The van der Waals surface area contributed by atoms with Gasteiger partial charge in [0.1, 0.15) is 0 Å². The van der Waals surface area contributed by atoms with Crippen LogP contribution in [0.1, 0.15) is 22.9 Å². The average Bonchev–Trinajstić information content (AvgIpc) is 3.10. The minimum absolute atomic E-state index is 0.0664. The van der Waals surface area contributed by atoms with Crippen LogP contribution in [0.4, 0.5) is 5.69 Å². The van der Waals surface area contributed by atoms with Crippen LogP contribution in [0.25, 0.3) is 0 Å². The molecular weight excluding hydrogens is 397 g/mol. The second kappa shape index (κ2) is 7.55. The van der Waals surface area contributed by atoms with E-state index < -0.39 is 0 Å². The van der Waals surface area contributed by atoms with Gasteiger partial charge in [0.25, 0.3) is 0 Å². The Morgan fingerprint density at radius 1 is 1.07 bits per heavy atom. The maximum absolute atomic E-state index is 6.56. The van der Waals surface area contributed by atoms with Gasteiger partial charge in [-0.15, -0.1) is 0 Å². The van der Waals surface area contributed by atoms with Gasteiger partial charge in [0, 0.05) is 40.7 Å². The molecule has 0 aliphatic carbocycles. The van der Waals surface area contributed by atoms with E-state index in [0.717, 1.165) is 24.3 Å². The number of aromatic nitrogens is 1. The van der Waals surface area contributed by atoms with Crippen molar-refractivity contribution in [3.8, 4) is 0 Å². The van der Waals surface area contributed by atoms with Gasteiger partial charge in [0.05, 0.1) is 6.04 Å². The first-order valence-electron chi connectivity index (χ1n) is 8.77. The Kier molecular flexibility index (Phi) is 5.13. The van der Waals surface area contributed by atoms with Crippen molar-refractivity contribution in [2.45, 2.75) is 19.5 Å². The molecule has 1 aromatic heterocycles. The molecule has 0 spiro atoms. The summed E-state index contributed by atoms with van der Waals surface area (Å²) in [6, 6.07) is 18.0. The number of anilines is 1. The molecule has 0 bridgehead atoms. The lowest BCUT2D eigenvalue weighted by Crippen LogP contribution is -2.44. The molecule has 0 fully saturated rings. The molecule has 27 heavy (non-hydrogen) atoms. The number of hydrogen-bond acceptors (Lipinski definition) is 1. The molecular formula is C21H19Cl2N3S. The highest BCUT2D eigenvalue weighted by atomic mass is 35.5. The summed E-state index contributed by atoms with van der Waals surface area (Å²) in [6.07, 6.45) is 2.10. The number of benzene rings is 2. The third kappa shape index (κ3) is 3.70. The fraction of sp³-hybridized carbons (Fsp3) is 0.190. The van der Waals surface area contributed by atoms with Crippen LogP contribution in [0.5, 0.6) is 0 Å². The number of rotatable bonds is 2. The number of hydrogen-bond donors (Lipinski definition) is 1. The summed E-state index contributed by atoms with van der Waals surface area (Å²) in [5.74, 6) is 0. The lowest BCUT2D eigenvalue weighted by molar-refractivity contribution is 0.293. The summed E-state index contributed by atoms with van der Waals surface area (Å²) in [7, 11) is 0. The number of aryl methyl sites for hydroxylation is 1. The van der Waals surface area contributed by atoms with Crippen molar-refractivity contribution in [1.29, 1.82) is 0 Å². The SMILES string of the molecule is Cc1cccc(NC(=S)N2CCn3cccc3[C@H]2c2ccc(Cl)cc2Cl)c1. The van der Waals surface area contributed by atoms with E-state index in [0.29, 0.717) is 15.2 Å². The molecule has 1 aliphatic heterocycles. The zero-order valence-corrected chi connectivity index (χ0v) is 17.2. The molecule has 0 saturated heterocycles. The van der Waals surface area contributed by atoms with Crippen LogP contribution < -0.4 is 5.32 Å². The topological polar surface area (TPSA) is 20.2 Å². The Labute approximate surface area is 174 Å². The summed E-state index contributed by atoms with van der Waals surface area (Å²) in [4.78, 5) is 2.20. The van der Waals surface area contributed by atoms with Gasteiger partial charge in [-0.25, -0.2) is 0 Å². The van der Waals surface area contributed by atoms with Crippen LogP contribution in [-0.2, 0) is 6.54 Å². The normalized spacial score (nSPS) is 16.1. The van der Waals surface area contributed by atoms with Gasteiger partial charge in [0.15, 0.2) is 5.11 Å². The number of thiocarbonyl (C=S) groups is 1. The number of nitrogens with zero attached hydrogens (tertiary/aromatic N) is 2. The predicted molar refractivity (Wildman–Crippen MR) is 117 cm³/mol. The van der Waals surface area contributed by atoms with Crippen LogP contribution in [0.3, 0.4) is 0 Å². The van der Waals surface area contributed by atoms with Crippen LogP contribution in [0.2, 0.25) is 10.0 Å².